The molecule has 0 aliphatic heterocycles. The van der Waals surface area contributed by atoms with Crippen LogP contribution in [-0.4, -0.2) is 0 Å². The van der Waals surface area contributed by atoms with Crippen molar-refractivity contribution in [1.82, 2.24) is 0 Å². The van der Waals surface area contributed by atoms with Crippen LogP contribution in [0.3, 0.4) is 0 Å². The second kappa shape index (κ2) is 7.07. The average molecular weight is 443 g/mol. The van der Waals surface area contributed by atoms with Gasteiger partial charge in [0.2, 0.25) is 0 Å². The number of rotatable bonds is 7. The molecule has 0 saturated carbocycles. The summed E-state index contributed by atoms with van der Waals surface area (Å²) in [5.41, 5.74) is 5.31. The van der Waals surface area contributed by atoms with Gasteiger partial charge in [-0.25, -0.2) is 0 Å². The molecule has 1 aliphatic carbocycles. The van der Waals surface area contributed by atoms with Gasteiger partial charge in [-0.1, -0.05) is 0 Å². The van der Waals surface area contributed by atoms with Crippen molar-refractivity contribution < 1.29 is 20.0 Å². The first-order valence-electron chi connectivity index (χ1n) is 8.68. The van der Waals surface area contributed by atoms with E-state index in [9.17, 15) is 0 Å². The first kappa shape index (κ1) is 18.4. The third-order valence-corrected chi connectivity index (χ3v) is 28.9. The first-order valence-corrected chi connectivity index (χ1v) is 18.1. The summed E-state index contributed by atoms with van der Waals surface area (Å²) in [6.07, 6.45) is 4.19. The second-order valence-electron chi connectivity index (χ2n) is 7.41. The van der Waals surface area contributed by atoms with Crippen molar-refractivity contribution in [2.75, 3.05) is 0 Å². The molecule has 0 bridgehead atoms. The molecule has 0 aromatic rings. The zero-order valence-corrected chi connectivity index (χ0v) is 18.8. The Kier molecular flexibility index (Phi) is 6.51. The van der Waals surface area contributed by atoms with Crippen LogP contribution in [0.5, 0.6) is 0 Å². The van der Waals surface area contributed by atoms with E-state index in [-0.39, 0.29) is 0 Å². The Morgan fingerprint density at radius 1 is 0.750 bits per heavy atom. The van der Waals surface area contributed by atoms with Crippen LogP contribution in [0.1, 0.15) is 74.7 Å². The minimum absolute atomic E-state index is 0.356. The fourth-order valence-electron chi connectivity index (χ4n) is 4.84. The average Bonchev–Trinajstić information content (AvgIpc) is 2.51. The van der Waals surface area contributed by atoms with Gasteiger partial charge in [-0.05, 0) is 0 Å². The van der Waals surface area contributed by atoms with Crippen LogP contribution in [0.2, 0.25) is 12.5 Å². The Morgan fingerprint density at radius 3 is 1.40 bits per heavy atom. The van der Waals surface area contributed by atoms with Gasteiger partial charge in [0, 0.05) is 0 Å². The molecule has 20 heavy (non-hydrogen) atoms. The molecule has 0 N–H and O–H groups in total. The van der Waals surface area contributed by atoms with E-state index in [0.29, 0.717) is 5.41 Å². The number of hydrogen-bond donors (Lipinski definition) is 0. The van der Waals surface area contributed by atoms with Crippen molar-refractivity contribution in [1.29, 1.82) is 0 Å². The minimum atomic E-state index is -2.35. The molecule has 1 heteroatoms. The summed E-state index contributed by atoms with van der Waals surface area (Å²) in [5, 5.41) is 0. The van der Waals surface area contributed by atoms with E-state index in [0.717, 1.165) is 0 Å². The monoisotopic (exact) mass is 444 g/mol. The van der Waals surface area contributed by atoms with E-state index < -0.39 is 20.0 Å². The summed E-state index contributed by atoms with van der Waals surface area (Å²) in [6, 6.07) is 0. The predicted octanol–water partition coefficient (Wildman–Crippen LogP) is 7.28. The topological polar surface area (TPSA) is 0 Å². The Morgan fingerprint density at radius 2 is 1.15 bits per heavy atom. The molecule has 1 rings (SSSR count). The number of allylic oxidation sites excluding steroid dienone is 4. The third kappa shape index (κ3) is 3.08. The van der Waals surface area contributed by atoms with Crippen molar-refractivity contribution >= 4 is 0 Å². The van der Waals surface area contributed by atoms with E-state index >= 15 is 0 Å². The molecule has 0 unspecified atom stereocenters. The molecule has 0 radical (unpaired) electrons. The molecule has 0 saturated heterocycles. The normalized spacial score (nSPS) is 19.2. The fraction of sp³-hybridized carbons (Fsp3) is 0.789. The van der Waals surface area contributed by atoms with Crippen molar-refractivity contribution in [3.05, 3.63) is 20.0 Å². The molecular weight excluding hydrogens is 407 g/mol. The van der Waals surface area contributed by atoms with Crippen LogP contribution in [0.25, 0.3) is 0 Å². The van der Waals surface area contributed by atoms with Gasteiger partial charge in [0.25, 0.3) is 0 Å². The Labute approximate surface area is 132 Å². The van der Waals surface area contributed by atoms with Crippen molar-refractivity contribution in [2.24, 2.45) is 5.41 Å². The molecular formula is C19H36Hf. The van der Waals surface area contributed by atoms with Crippen LogP contribution in [0.4, 0.5) is 0 Å². The molecule has 1 aliphatic rings. The molecule has 0 aromatic heterocycles. The van der Waals surface area contributed by atoms with Crippen LogP contribution >= 0.6 is 0 Å². The third-order valence-electron chi connectivity index (χ3n) is 5.78. The van der Waals surface area contributed by atoms with Gasteiger partial charge in [0.05, 0.1) is 0 Å². The quantitative estimate of drug-likeness (QED) is 0.363. The molecule has 0 fully saturated rings. The van der Waals surface area contributed by atoms with Gasteiger partial charge < -0.3 is 0 Å². The Balaban J connectivity index is 3.41. The van der Waals surface area contributed by atoms with Gasteiger partial charge >= 0.3 is 133 Å². The Bertz CT molecular complexity index is 392. The SMILES string of the molecule is CC[CH2][Hf]([CH2]CC)([CH2]CC)[C]1=C(C)C(C)=C(C)C1(C)C. The summed E-state index contributed by atoms with van der Waals surface area (Å²) in [7, 11) is 0. The summed E-state index contributed by atoms with van der Waals surface area (Å²) in [4.78, 5) is 0. The van der Waals surface area contributed by atoms with Crippen LogP contribution < -0.4 is 0 Å². The van der Waals surface area contributed by atoms with E-state index in [1.807, 2.05) is 3.33 Å². The maximum atomic E-state index is 2.51. The van der Waals surface area contributed by atoms with E-state index in [2.05, 4.69) is 55.4 Å². The van der Waals surface area contributed by atoms with Gasteiger partial charge in [0.15, 0.2) is 0 Å². The van der Waals surface area contributed by atoms with Crippen molar-refractivity contribution in [3.63, 3.8) is 0 Å². The zero-order valence-electron chi connectivity index (χ0n) is 15.2. The summed E-state index contributed by atoms with van der Waals surface area (Å²) >= 11 is -2.35. The summed E-state index contributed by atoms with van der Waals surface area (Å²) < 4.78 is 6.72. The van der Waals surface area contributed by atoms with Crippen LogP contribution in [-0.2, 0) is 20.0 Å². The predicted molar refractivity (Wildman–Crippen MR) is 90.1 cm³/mol. The van der Waals surface area contributed by atoms with Crippen molar-refractivity contribution in [2.45, 2.75) is 87.2 Å². The molecule has 116 valence electrons. The molecule has 0 aromatic carbocycles. The van der Waals surface area contributed by atoms with E-state index in [4.69, 9.17) is 0 Å². The molecule has 0 spiro atoms. The zero-order chi connectivity index (χ0) is 15.6. The van der Waals surface area contributed by atoms with Crippen LogP contribution in [0.15, 0.2) is 20.0 Å². The molecule has 0 atom stereocenters. The summed E-state index contributed by atoms with van der Waals surface area (Å²) in [6.45, 7) is 19.4. The maximum absolute atomic E-state index is 2.51. The Hall–Kier alpha value is 0.350. The fourth-order valence-corrected chi connectivity index (χ4v) is 29.5. The van der Waals surface area contributed by atoms with Gasteiger partial charge in [-0.2, -0.15) is 0 Å². The van der Waals surface area contributed by atoms with Crippen LogP contribution in [0, 0.1) is 5.41 Å². The van der Waals surface area contributed by atoms with E-state index in [1.54, 1.807) is 29.3 Å². The number of hydrogen-bond acceptors (Lipinski definition) is 0. The second-order valence-corrected chi connectivity index (χ2v) is 23.8. The van der Waals surface area contributed by atoms with E-state index in [1.165, 1.54) is 19.3 Å². The molecule has 0 heterocycles. The molecule has 0 nitrogen and oxygen atoms in total. The standard InChI is InChI=1S/C10H15.3C3H7.Hf/c1-7-6-10(4,5)9(3)8(7)2;3*1-3-2;/h1-5H3;3*1,3H2,2H3;. The van der Waals surface area contributed by atoms with Gasteiger partial charge in [-0.15, -0.1) is 0 Å². The molecule has 0 amide bonds. The van der Waals surface area contributed by atoms with Gasteiger partial charge in [0.1, 0.15) is 0 Å². The first-order chi connectivity index (χ1) is 9.28. The van der Waals surface area contributed by atoms with Crippen molar-refractivity contribution in [3.8, 4) is 0 Å². The summed E-state index contributed by atoms with van der Waals surface area (Å²) in [5.74, 6) is 0. The van der Waals surface area contributed by atoms with Gasteiger partial charge in [-0.3, -0.25) is 0 Å².